The van der Waals surface area contributed by atoms with E-state index in [0.29, 0.717) is 6.54 Å². The number of benzene rings is 2. The van der Waals surface area contributed by atoms with Gasteiger partial charge < -0.3 is 5.32 Å². The fourth-order valence-electron chi connectivity index (χ4n) is 3.07. The number of nitrogens with zero attached hydrogens (tertiary/aromatic N) is 2. The number of non-ortho nitro benzene ring substituents is 1. The predicted molar refractivity (Wildman–Crippen MR) is 104 cm³/mol. The van der Waals surface area contributed by atoms with Crippen molar-refractivity contribution in [1.29, 1.82) is 0 Å². The van der Waals surface area contributed by atoms with Crippen LogP contribution in [-0.2, 0) is 4.79 Å². The Balaban J connectivity index is 1.61. The molecule has 27 heavy (non-hydrogen) atoms. The van der Waals surface area contributed by atoms with Crippen LogP contribution in [0.4, 0.5) is 15.8 Å². The molecular formula is C19H20FN3O3S. The molecule has 1 aliphatic heterocycles. The van der Waals surface area contributed by atoms with Crippen molar-refractivity contribution in [3.05, 3.63) is 70.0 Å². The molecule has 1 heterocycles. The second-order valence-electron chi connectivity index (χ2n) is 6.26. The van der Waals surface area contributed by atoms with E-state index in [1.54, 1.807) is 0 Å². The molecule has 8 heteroatoms. The van der Waals surface area contributed by atoms with E-state index in [1.165, 1.54) is 5.56 Å². The standard InChI is InChI=1S/C19H20FN3O3S/c20-16-7-6-15(23(25)26)12-17(16)21-19(24)8-9-22-10-11-27-13-18(22)14-4-2-1-3-5-14/h1-7,12,18H,8-11,13H2,(H,21,24)/t18-/m1/s1. The van der Waals surface area contributed by atoms with E-state index in [4.69, 9.17) is 0 Å². The summed E-state index contributed by atoms with van der Waals surface area (Å²) in [4.78, 5) is 24.7. The zero-order valence-corrected chi connectivity index (χ0v) is 15.5. The van der Waals surface area contributed by atoms with Gasteiger partial charge in [-0.1, -0.05) is 30.3 Å². The number of halogens is 1. The number of hydrogen-bond acceptors (Lipinski definition) is 5. The lowest BCUT2D eigenvalue weighted by atomic mass is 10.1. The third-order valence-corrected chi connectivity index (χ3v) is 5.51. The van der Waals surface area contributed by atoms with Gasteiger partial charge >= 0.3 is 0 Å². The maximum absolute atomic E-state index is 13.8. The van der Waals surface area contributed by atoms with Crippen molar-refractivity contribution in [2.45, 2.75) is 12.5 Å². The number of nitro groups is 1. The first-order valence-corrected chi connectivity index (χ1v) is 9.80. The number of carbonyl (C=O) groups is 1. The van der Waals surface area contributed by atoms with Crippen molar-refractivity contribution >= 4 is 29.0 Å². The van der Waals surface area contributed by atoms with Gasteiger partial charge in [0.25, 0.3) is 5.69 Å². The van der Waals surface area contributed by atoms with Crippen LogP contribution in [-0.4, -0.2) is 40.3 Å². The topological polar surface area (TPSA) is 75.5 Å². The molecule has 0 unspecified atom stereocenters. The Hall–Kier alpha value is -2.45. The fraction of sp³-hybridized carbons (Fsp3) is 0.316. The van der Waals surface area contributed by atoms with Gasteiger partial charge in [0.2, 0.25) is 5.91 Å². The molecular weight excluding hydrogens is 369 g/mol. The minimum absolute atomic E-state index is 0.164. The third kappa shape index (κ3) is 5.05. The van der Waals surface area contributed by atoms with Crippen LogP contribution in [0.3, 0.4) is 0 Å². The van der Waals surface area contributed by atoms with Gasteiger partial charge in [-0.15, -0.1) is 0 Å². The quantitative estimate of drug-likeness (QED) is 0.600. The molecule has 142 valence electrons. The Bertz CT molecular complexity index is 819. The third-order valence-electron chi connectivity index (χ3n) is 4.48. The largest absolute Gasteiger partial charge is 0.323 e. The molecule has 1 fully saturated rings. The molecule has 1 amide bonds. The average molecular weight is 389 g/mol. The Morgan fingerprint density at radius 2 is 2.07 bits per heavy atom. The van der Waals surface area contributed by atoms with Gasteiger partial charge in [0, 0.05) is 49.2 Å². The van der Waals surface area contributed by atoms with E-state index in [0.717, 1.165) is 36.2 Å². The molecule has 0 aromatic heterocycles. The summed E-state index contributed by atoms with van der Waals surface area (Å²) in [7, 11) is 0. The van der Waals surface area contributed by atoms with Crippen molar-refractivity contribution < 1.29 is 14.1 Å². The highest BCUT2D eigenvalue weighted by Crippen LogP contribution is 2.29. The van der Waals surface area contributed by atoms with Crippen LogP contribution in [0.1, 0.15) is 18.0 Å². The van der Waals surface area contributed by atoms with Gasteiger partial charge in [-0.2, -0.15) is 11.8 Å². The summed E-state index contributed by atoms with van der Waals surface area (Å²) in [5.41, 5.74) is 0.793. The Morgan fingerprint density at radius 1 is 1.30 bits per heavy atom. The maximum Gasteiger partial charge on any atom is 0.271 e. The van der Waals surface area contributed by atoms with Gasteiger partial charge in [-0.3, -0.25) is 19.8 Å². The Labute approximate surface area is 160 Å². The second kappa shape index (κ2) is 8.96. The molecule has 2 aromatic rings. The molecule has 1 aliphatic rings. The molecule has 0 spiro atoms. The van der Waals surface area contributed by atoms with Crippen LogP contribution >= 0.6 is 11.8 Å². The normalized spacial score (nSPS) is 17.4. The summed E-state index contributed by atoms with van der Waals surface area (Å²) in [6.45, 7) is 1.42. The van der Waals surface area contributed by atoms with Crippen LogP contribution in [0.25, 0.3) is 0 Å². The van der Waals surface area contributed by atoms with Crippen molar-refractivity contribution in [2.24, 2.45) is 0 Å². The Morgan fingerprint density at radius 3 is 2.81 bits per heavy atom. The lowest BCUT2D eigenvalue weighted by molar-refractivity contribution is -0.384. The van der Waals surface area contributed by atoms with Gasteiger partial charge in [-0.25, -0.2) is 4.39 Å². The first-order chi connectivity index (χ1) is 13.0. The molecule has 6 nitrogen and oxygen atoms in total. The van der Waals surface area contributed by atoms with Crippen LogP contribution in [0, 0.1) is 15.9 Å². The van der Waals surface area contributed by atoms with Crippen molar-refractivity contribution in [2.75, 3.05) is 29.9 Å². The summed E-state index contributed by atoms with van der Waals surface area (Å²) in [5, 5.41) is 13.3. The van der Waals surface area contributed by atoms with Crippen LogP contribution < -0.4 is 5.32 Å². The van der Waals surface area contributed by atoms with Crippen molar-refractivity contribution in [3.8, 4) is 0 Å². The highest BCUT2D eigenvalue weighted by molar-refractivity contribution is 7.99. The number of nitro benzene ring substituents is 1. The zero-order chi connectivity index (χ0) is 19.2. The van der Waals surface area contributed by atoms with Gasteiger partial charge in [0.1, 0.15) is 5.82 Å². The Kier molecular flexibility index (Phi) is 6.41. The highest BCUT2D eigenvalue weighted by Gasteiger charge is 2.24. The number of anilines is 1. The number of amides is 1. The minimum atomic E-state index is -0.689. The van der Waals surface area contributed by atoms with E-state index in [1.807, 2.05) is 30.0 Å². The van der Waals surface area contributed by atoms with Crippen molar-refractivity contribution in [3.63, 3.8) is 0 Å². The lowest BCUT2D eigenvalue weighted by Crippen LogP contribution is -2.38. The molecule has 0 radical (unpaired) electrons. The smallest absolute Gasteiger partial charge is 0.271 e. The first kappa shape index (κ1) is 19.3. The maximum atomic E-state index is 13.8. The number of hydrogen-bond donors (Lipinski definition) is 1. The molecule has 0 aliphatic carbocycles. The van der Waals surface area contributed by atoms with Gasteiger partial charge in [0.05, 0.1) is 10.6 Å². The van der Waals surface area contributed by atoms with E-state index < -0.39 is 10.7 Å². The van der Waals surface area contributed by atoms with Crippen molar-refractivity contribution in [1.82, 2.24) is 4.90 Å². The number of thioether (sulfide) groups is 1. The summed E-state index contributed by atoms with van der Waals surface area (Å²) in [6.07, 6.45) is 0.191. The fourth-order valence-corrected chi connectivity index (χ4v) is 4.23. The van der Waals surface area contributed by atoms with E-state index in [2.05, 4.69) is 22.3 Å². The molecule has 1 saturated heterocycles. The lowest BCUT2D eigenvalue weighted by Gasteiger charge is -2.35. The molecule has 1 N–H and O–H groups in total. The average Bonchev–Trinajstić information content (AvgIpc) is 2.69. The second-order valence-corrected chi connectivity index (χ2v) is 7.41. The minimum Gasteiger partial charge on any atom is -0.323 e. The highest BCUT2D eigenvalue weighted by atomic mass is 32.2. The van der Waals surface area contributed by atoms with Gasteiger partial charge in [-0.05, 0) is 11.6 Å². The van der Waals surface area contributed by atoms with Crippen LogP contribution in [0.5, 0.6) is 0 Å². The monoisotopic (exact) mass is 389 g/mol. The number of rotatable bonds is 6. The first-order valence-electron chi connectivity index (χ1n) is 8.65. The molecule has 0 bridgehead atoms. The summed E-state index contributed by atoms with van der Waals surface area (Å²) in [5.74, 6) is 0.917. The summed E-state index contributed by atoms with van der Waals surface area (Å²) < 4.78 is 13.8. The predicted octanol–water partition coefficient (Wildman–Crippen LogP) is 3.85. The number of carbonyl (C=O) groups excluding carboxylic acids is 1. The summed E-state index contributed by atoms with van der Waals surface area (Å²) >= 11 is 1.89. The molecule has 3 rings (SSSR count). The summed E-state index contributed by atoms with van der Waals surface area (Å²) in [6, 6.07) is 13.5. The number of nitrogens with one attached hydrogen (secondary N) is 1. The van der Waals surface area contributed by atoms with Crippen LogP contribution in [0.2, 0.25) is 0 Å². The molecule has 0 saturated carbocycles. The van der Waals surface area contributed by atoms with Crippen LogP contribution in [0.15, 0.2) is 48.5 Å². The van der Waals surface area contributed by atoms with Gasteiger partial charge in [0.15, 0.2) is 0 Å². The molecule has 1 atom stereocenters. The zero-order valence-electron chi connectivity index (χ0n) is 14.6. The van der Waals surface area contributed by atoms with E-state index in [9.17, 15) is 19.3 Å². The van der Waals surface area contributed by atoms with E-state index in [-0.39, 0.29) is 29.7 Å². The molecule has 2 aromatic carbocycles. The van der Waals surface area contributed by atoms with E-state index >= 15 is 0 Å². The SMILES string of the molecule is O=C(CCN1CCSC[C@@H]1c1ccccc1)Nc1cc([N+](=O)[O-])ccc1F.